The van der Waals surface area contributed by atoms with Gasteiger partial charge in [0.25, 0.3) is 0 Å². The SMILES string of the molecule is NC(=O)CC(C(=O)O)C1CCOCC1. The second kappa shape index (κ2) is 4.95. The van der Waals surface area contributed by atoms with Gasteiger partial charge in [0.2, 0.25) is 5.91 Å². The van der Waals surface area contributed by atoms with Crippen LogP contribution in [0, 0.1) is 11.8 Å². The Morgan fingerprint density at radius 1 is 1.43 bits per heavy atom. The molecule has 1 aliphatic rings. The van der Waals surface area contributed by atoms with Crippen molar-refractivity contribution in [3.63, 3.8) is 0 Å². The van der Waals surface area contributed by atoms with Gasteiger partial charge in [0.15, 0.2) is 0 Å². The van der Waals surface area contributed by atoms with Crippen LogP contribution < -0.4 is 5.73 Å². The number of rotatable bonds is 4. The molecule has 14 heavy (non-hydrogen) atoms. The minimum atomic E-state index is -0.935. The van der Waals surface area contributed by atoms with Crippen molar-refractivity contribution in [2.24, 2.45) is 17.6 Å². The first-order chi connectivity index (χ1) is 6.61. The number of carboxylic acid groups (broad SMARTS) is 1. The fourth-order valence-corrected chi connectivity index (χ4v) is 1.79. The predicted molar refractivity (Wildman–Crippen MR) is 48.5 cm³/mol. The maximum absolute atomic E-state index is 10.9. The summed E-state index contributed by atoms with van der Waals surface area (Å²) in [6, 6.07) is 0. The summed E-state index contributed by atoms with van der Waals surface area (Å²) in [5.74, 6) is -2.11. The number of carboxylic acids is 1. The van der Waals surface area contributed by atoms with Crippen molar-refractivity contribution in [3.8, 4) is 0 Å². The first kappa shape index (κ1) is 11.0. The highest BCUT2D eigenvalue weighted by Gasteiger charge is 2.30. The molecule has 1 unspecified atom stereocenters. The quantitative estimate of drug-likeness (QED) is 0.669. The first-order valence-electron chi connectivity index (χ1n) is 4.70. The molecule has 0 aliphatic carbocycles. The van der Waals surface area contributed by atoms with Gasteiger partial charge in [-0.2, -0.15) is 0 Å². The van der Waals surface area contributed by atoms with Crippen molar-refractivity contribution in [3.05, 3.63) is 0 Å². The highest BCUT2D eigenvalue weighted by Crippen LogP contribution is 2.26. The summed E-state index contributed by atoms with van der Waals surface area (Å²) < 4.78 is 5.13. The number of aliphatic carboxylic acids is 1. The van der Waals surface area contributed by atoms with Gasteiger partial charge in [-0.1, -0.05) is 0 Å². The summed E-state index contributed by atoms with van der Waals surface area (Å²) in [4.78, 5) is 21.6. The van der Waals surface area contributed by atoms with Crippen LogP contribution in [-0.4, -0.2) is 30.2 Å². The number of hydrogen-bond acceptors (Lipinski definition) is 3. The van der Waals surface area contributed by atoms with Crippen LogP contribution in [0.25, 0.3) is 0 Å². The Labute approximate surface area is 82.2 Å². The molecule has 1 rings (SSSR count). The Morgan fingerprint density at radius 2 is 2.00 bits per heavy atom. The third kappa shape index (κ3) is 2.99. The maximum Gasteiger partial charge on any atom is 0.307 e. The fraction of sp³-hybridized carbons (Fsp3) is 0.778. The fourth-order valence-electron chi connectivity index (χ4n) is 1.79. The van der Waals surface area contributed by atoms with E-state index in [0.29, 0.717) is 26.1 Å². The highest BCUT2D eigenvalue weighted by atomic mass is 16.5. The Kier molecular flexibility index (Phi) is 3.88. The molecule has 1 aliphatic heterocycles. The first-order valence-corrected chi connectivity index (χ1v) is 4.70. The van der Waals surface area contributed by atoms with Gasteiger partial charge in [0.1, 0.15) is 0 Å². The number of carbonyl (C=O) groups excluding carboxylic acids is 1. The molecule has 5 heteroatoms. The molecule has 0 aromatic carbocycles. The normalized spacial score (nSPS) is 20.3. The van der Waals surface area contributed by atoms with Gasteiger partial charge in [0.05, 0.1) is 5.92 Å². The third-order valence-electron chi connectivity index (χ3n) is 2.57. The van der Waals surface area contributed by atoms with E-state index in [1.54, 1.807) is 0 Å². The van der Waals surface area contributed by atoms with Crippen molar-refractivity contribution in [2.45, 2.75) is 19.3 Å². The summed E-state index contributed by atoms with van der Waals surface area (Å²) in [6.07, 6.45) is 1.33. The predicted octanol–water partition coefficient (Wildman–Crippen LogP) is -0.0108. The lowest BCUT2D eigenvalue weighted by molar-refractivity contribution is -0.147. The highest BCUT2D eigenvalue weighted by molar-refractivity contribution is 5.81. The van der Waals surface area contributed by atoms with Gasteiger partial charge in [-0.3, -0.25) is 9.59 Å². The second-order valence-corrected chi connectivity index (χ2v) is 3.56. The van der Waals surface area contributed by atoms with E-state index in [1.807, 2.05) is 0 Å². The lowest BCUT2D eigenvalue weighted by atomic mass is 9.84. The van der Waals surface area contributed by atoms with Gasteiger partial charge in [-0.15, -0.1) is 0 Å². The molecule has 1 amide bonds. The number of nitrogens with two attached hydrogens (primary N) is 1. The van der Waals surface area contributed by atoms with Crippen molar-refractivity contribution >= 4 is 11.9 Å². The molecule has 1 heterocycles. The lowest BCUT2D eigenvalue weighted by Crippen LogP contribution is -2.32. The van der Waals surface area contributed by atoms with E-state index in [2.05, 4.69) is 0 Å². The number of carbonyl (C=O) groups is 2. The molecule has 0 bridgehead atoms. The van der Waals surface area contributed by atoms with E-state index >= 15 is 0 Å². The standard InChI is InChI=1S/C9H15NO4/c10-8(11)5-7(9(12)13)6-1-3-14-4-2-6/h6-7H,1-5H2,(H2,10,11)(H,12,13). The molecule has 0 spiro atoms. The summed E-state index contributed by atoms with van der Waals surface area (Å²) in [7, 11) is 0. The van der Waals surface area contributed by atoms with Crippen LogP contribution in [0.15, 0.2) is 0 Å². The van der Waals surface area contributed by atoms with Gasteiger partial charge in [-0.25, -0.2) is 0 Å². The second-order valence-electron chi connectivity index (χ2n) is 3.56. The molecule has 1 atom stereocenters. The Morgan fingerprint density at radius 3 is 2.43 bits per heavy atom. The number of hydrogen-bond donors (Lipinski definition) is 2. The van der Waals surface area contributed by atoms with E-state index in [4.69, 9.17) is 15.6 Å². The van der Waals surface area contributed by atoms with Crippen molar-refractivity contribution in [1.29, 1.82) is 0 Å². The van der Waals surface area contributed by atoms with Crippen LogP contribution in [0.3, 0.4) is 0 Å². The molecular formula is C9H15NO4. The molecule has 1 saturated heterocycles. The minimum Gasteiger partial charge on any atom is -0.481 e. The maximum atomic E-state index is 10.9. The number of primary amides is 1. The number of amides is 1. The summed E-state index contributed by atoms with van der Waals surface area (Å²) in [5.41, 5.74) is 5.00. The zero-order valence-corrected chi connectivity index (χ0v) is 7.94. The average molecular weight is 201 g/mol. The molecule has 0 radical (unpaired) electrons. The van der Waals surface area contributed by atoms with Crippen LogP contribution in [0.5, 0.6) is 0 Å². The van der Waals surface area contributed by atoms with Gasteiger partial charge >= 0.3 is 5.97 Å². The molecular weight excluding hydrogens is 186 g/mol. The topological polar surface area (TPSA) is 89.6 Å². The largest absolute Gasteiger partial charge is 0.481 e. The monoisotopic (exact) mass is 201 g/mol. The Balaban J connectivity index is 2.56. The average Bonchev–Trinajstić information content (AvgIpc) is 2.15. The number of ether oxygens (including phenoxy) is 1. The van der Waals surface area contributed by atoms with Crippen LogP contribution in [0.4, 0.5) is 0 Å². The van der Waals surface area contributed by atoms with Crippen LogP contribution in [0.1, 0.15) is 19.3 Å². The molecule has 0 aromatic rings. The zero-order valence-electron chi connectivity index (χ0n) is 7.94. The summed E-state index contributed by atoms with van der Waals surface area (Å²) in [5, 5.41) is 8.93. The van der Waals surface area contributed by atoms with Crippen LogP contribution >= 0.6 is 0 Å². The van der Waals surface area contributed by atoms with Gasteiger partial charge in [-0.05, 0) is 18.8 Å². The molecule has 1 fully saturated rings. The van der Waals surface area contributed by atoms with E-state index in [1.165, 1.54) is 0 Å². The van der Waals surface area contributed by atoms with Crippen LogP contribution in [0.2, 0.25) is 0 Å². The lowest BCUT2D eigenvalue weighted by Gasteiger charge is -2.26. The molecule has 0 saturated carbocycles. The van der Waals surface area contributed by atoms with E-state index in [0.717, 1.165) is 0 Å². The Hall–Kier alpha value is -1.10. The van der Waals surface area contributed by atoms with Gasteiger partial charge in [0, 0.05) is 19.6 Å². The molecule has 3 N–H and O–H groups in total. The Bertz CT molecular complexity index is 223. The molecule has 80 valence electrons. The van der Waals surface area contributed by atoms with Crippen LogP contribution in [-0.2, 0) is 14.3 Å². The third-order valence-corrected chi connectivity index (χ3v) is 2.57. The van der Waals surface area contributed by atoms with Gasteiger partial charge < -0.3 is 15.6 Å². The van der Waals surface area contributed by atoms with E-state index in [-0.39, 0.29) is 12.3 Å². The van der Waals surface area contributed by atoms with E-state index < -0.39 is 17.8 Å². The zero-order chi connectivity index (χ0) is 10.6. The minimum absolute atomic E-state index is 0.0220. The van der Waals surface area contributed by atoms with Crippen molar-refractivity contribution in [1.82, 2.24) is 0 Å². The summed E-state index contributed by atoms with van der Waals surface area (Å²) >= 11 is 0. The van der Waals surface area contributed by atoms with Crippen molar-refractivity contribution in [2.75, 3.05) is 13.2 Å². The smallest absolute Gasteiger partial charge is 0.307 e. The summed E-state index contributed by atoms with van der Waals surface area (Å²) in [6.45, 7) is 1.15. The van der Waals surface area contributed by atoms with E-state index in [9.17, 15) is 9.59 Å². The molecule has 5 nitrogen and oxygen atoms in total. The molecule has 0 aromatic heterocycles. The van der Waals surface area contributed by atoms with Crippen molar-refractivity contribution < 1.29 is 19.4 Å².